The number of rotatable bonds is 6. The number of anilines is 1. The molecule has 4 aromatic rings. The van der Waals surface area contributed by atoms with Crippen LogP contribution in [0.15, 0.2) is 60.8 Å². The van der Waals surface area contributed by atoms with Gasteiger partial charge in [-0.05, 0) is 44.5 Å². The Kier molecular flexibility index (Phi) is 6.74. The van der Waals surface area contributed by atoms with Gasteiger partial charge in [-0.2, -0.15) is 0 Å². The summed E-state index contributed by atoms with van der Waals surface area (Å²) in [6, 6.07) is 15.8. The van der Waals surface area contributed by atoms with Gasteiger partial charge in [0.1, 0.15) is 23.1 Å². The molecule has 0 aliphatic heterocycles. The zero-order valence-corrected chi connectivity index (χ0v) is 20.2. The number of carbonyl (C=O) groups is 1. The molecule has 8 nitrogen and oxygen atoms in total. The maximum atomic E-state index is 13.1. The van der Waals surface area contributed by atoms with Crippen molar-refractivity contribution in [1.82, 2.24) is 9.97 Å². The third kappa shape index (κ3) is 5.60. The van der Waals surface area contributed by atoms with Crippen molar-refractivity contribution < 1.29 is 18.8 Å². The first-order valence-electron chi connectivity index (χ1n) is 10.8. The Hall–Kier alpha value is -3.92. The van der Waals surface area contributed by atoms with E-state index < -0.39 is 23.3 Å². The number of amides is 1. The van der Waals surface area contributed by atoms with Crippen LogP contribution >= 0.6 is 11.3 Å². The van der Waals surface area contributed by atoms with E-state index in [0.29, 0.717) is 11.3 Å². The molecule has 0 atom stereocenters. The van der Waals surface area contributed by atoms with E-state index in [-0.39, 0.29) is 12.2 Å². The van der Waals surface area contributed by atoms with E-state index in [9.17, 15) is 19.3 Å². The van der Waals surface area contributed by atoms with Gasteiger partial charge in [-0.15, -0.1) is 11.3 Å². The van der Waals surface area contributed by atoms with Crippen LogP contribution in [0.5, 0.6) is 0 Å². The minimum Gasteiger partial charge on any atom is -0.443 e. The van der Waals surface area contributed by atoms with Crippen LogP contribution in [0.3, 0.4) is 0 Å². The summed E-state index contributed by atoms with van der Waals surface area (Å²) in [6.45, 7) is 4.37. The molecule has 2 heterocycles. The first kappa shape index (κ1) is 24.2. The fourth-order valence-corrected chi connectivity index (χ4v) is 4.38. The van der Waals surface area contributed by atoms with Crippen molar-refractivity contribution in [3.8, 4) is 21.7 Å². The highest BCUT2D eigenvalue weighted by Crippen LogP contribution is 2.33. The molecule has 35 heavy (non-hydrogen) atoms. The quantitative estimate of drug-likeness (QED) is 0.220. The molecule has 0 N–H and O–H groups in total. The zero-order chi connectivity index (χ0) is 25.2. The van der Waals surface area contributed by atoms with E-state index in [2.05, 4.69) is 9.97 Å². The summed E-state index contributed by atoms with van der Waals surface area (Å²) in [5, 5.41) is 11.8. The fourth-order valence-electron chi connectivity index (χ4n) is 3.37. The predicted molar refractivity (Wildman–Crippen MR) is 134 cm³/mol. The van der Waals surface area contributed by atoms with Gasteiger partial charge in [-0.3, -0.25) is 15.0 Å². The minimum absolute atomic E-state index is 0.0377. The third-order valence-corrected chi connectivity index (χ3v) is 6.06. The van der Waals surface area contributed by atoms with E-state index in [1.807, 2.05) is 30.3 Å². The molecule has 2 aromatic heterocycles. The van der Waals surface area contributed by atoms with Gasteiger partial charge in [0.15, 0.2) is 0 Å². The van der Waals surface area contributed by atoms with E-state index >= 15 is 0 Å². The average Bonchev–Trinajstić information content (AvgIpc) is 3.25. The lowest BCUT2D eigenvalue weighted by Gasteiger charge is -2.26. The fraction of sp³-hybridized carbons (Fsp3) is 0.240. The molecule has 2 aromatic carbocycles. The van der Waals surface area contributed by atoms with Gasteiger partial charge in [0.25, 0.3) is 5.69 Å². The molecule has 10 heteroatoms. The van der Waals surface area contributed by atoms with Crippen LogP contribution < -0.4 is 4.90 Å². The lowest BCUT2D eigenvalue weighted by atomic mass is 10.1. The van der Waals surface area contributed by atoms with Crippen molar-refractivity contribution in [2.75, 3.05) is 18.1 Å². The molecule has 0 radical (unpaired) electrons. The highest BCUT2D eigenvalue weighted by atomic mass is 32.1. The third-order valence-electron chi connectivity index (χ3n) is 4.99. The van der Waals surface area contributed by atoms with Crippen molar-refractivity contribution >= 4 is 39.2 Å². The second kappa shape index (κ2) is 9.75. The molecule has 0 spiro atoms. The van der Waals surface area contributed by atoms with Crippen LogP contribution in [0.25, 0.3) is 31.9 Å². The zero-order valence-electron chi connectivity index (χ0n) is 19.4. The topological polar surface area (TPSA) is 98.5 Å². The van der Waals surface area contributed by atoms with Crippen molar-refractivity contribution in [1.29, 1.82) is 0 Å². The number of thiazole rings is 1. The van der Waals surface area contributed by atoms with Gasteiger partial charge < -0.3 is 4.74 Å². The molecule has 0 saturated carbocycles. The largest absolute Gasteiger partial charge is 0.443 e. The summed E-state index contributed by atoms with van der Waals surface area (Å²) in [7, 11) is 0. The number of aromatic nitrogens is 2. The summed E-state index contributed by atoms with van der Waals surface area (Å²) in [6.07, 6.45) is 0.970. The number of pyridine rings is 1. The van der Waals surface area contributed by atoms with Gasteiger partial charge in [0.05, 0.1) is 21.7 Å². The smallest absolute Gasteiger partial charge is 0.416 e. The first-order chi connectivity index (χ1) is 16.6. The number of nitro groups is 1. The Morgan fingerprint density at radius 1 is 1.09 bits per heavy atom. The number of non-ortho nitro benzene ring substituents is 1. The maximum absolute atomic E-state index is 13.1. The van der Waals surface area contributed by atoms with Crippen molar-refractivity contribution in [3.63, 3.8) is 0 Å². The lowest BCUT2D eigenvalue weighted by molar-refractivity contribution is -0.384. The molecule has 180 valence electrons. The van der Waals surface area contributed by atoms with E-state index in [4.69, 9.17) is 4.74 Å². The summed E-state index contributed by atoms with van der Waals surface area (Å²) in [5.74, 6) is 0.306. The van der Waals surface area contributed by atoms with E-state index in [1.165, 1.54) is 28.4 Å². The number of halogens is 1. The normalized spacial score (nSPS) is 11.4. The Bertz CT molecular complexity index is 1370. The minimum atomic E-state index is -0.719. The van der Waals surface area contributed by atoms with Crippen molar-refractivity contribution in [2.24, 2.45) is 0 Å². The Balaban J connectivity index is 1.54. The molecule has 1 amide bonds. The van der Waals surface area contributed by atoms with Gasteiger partial charge >= 0.3 is 6.09 Å². The average molecular weight is 495 g/mol. The monoisotopic (exact) mass is 494 g/mol. The van der Waals surface area contributed by atoms with Crippen molar-refractivity contribution in [2.45, 2.75) is 26.4 Å². The number of hydrogen-bond donors (Lipinski definition) is 0. The number of nitro benzene ring substituents is 1. The molecule has 4 rings (SSSR count). The number of benzene rings is 2. The molecule has 0 saturated heterocycles. The second-order valence-electron chi connectivity index (χ2n) is 8.73. The highest BCUT2D eigenvalue weighted by Gasteiger charge is 2.24. The first-order valence-corrected chi connectivity index (χ1v) is 11.6. The molecule has 0 aliphatic carbocycles. The number of carbonyl (C=O) groups excluding carboxylic acids is 1. The van der Waals surface area contributed by atoms with Gasteiger partial charge in [-0.25, -0.2) is 19.2 Å². The van der Waals surface area contributed by atoms with E-state index in [1.54, 1.807) is 39.1 Å². The Morgan fingerprint density at radius 2 is 1.77 bits per heavy atom. The Morgan fingerprint density at radius 3 is 2.37 bits per heavy atom. The van der Waals surface area contributed by atoms with Crippen LogP contribution in [0.4, 0.5) is 20.7 Å². The second-order valence-corrected chi connectivity index (χ2v) is 9.76. The highest BCUT2D eigenvalue weighted by molar-refractivity contribution is 7.21. The predicted octanol–water partition coefficient (Wildman–Crippen LogP) is 6.64. The number of nitrogens with zero attached hydrogens (tertiary/aromatic N) is 4. The molecular weight excluding hydrogens is 471 g/mol. The van der Waals surface area contributed by atoms with Gasteiger partial charge in [0, 0.05) is 29.5 Å². The van der Waals surface area contributed by atoms with Crippen molar-refractivity contribution in [3.05, 3.63) is 70.9 Å². The summed E-state index contributed by atoms with van der Waals surface area (Å²) >= 11 is 1.39. The van der Waals surface area contributed by atoms with Crippen LogP contribution in [-0.2, 0) is 4.74 Å². The van der Waals surface area contributed by atoms with Crippen LogP contribution in [0, 0.1) is 10.1 Å². The molecule has 0 unspecified atom stereocenters. The molecular formula is C25H23FN4O4S. The van der Waals surface area contributed by atoms with Crippen LogP contribution in [0.1, 0.15) is 20.8 Å². The standard InChI is InChI=1S/C25H23FN4O4S/c1-25(2,3)34-24(31)29(13-12-26)22-11-8-18(15-27-22)16-4-6-17(7-5-16)23-28-20-10-9-19(30(32)33)14-21(20)35-23/h4-11,14-15H,12-13H2,1-3H3. The number of alkyl halides is 1. The summed E-state index contributed by atoms with van der Waals surface area (Å²) in [4.78, 5) is 33.2. The SMILES string of the molecule is CC(C)(C)OC(=O)N(CCF)c1ccc(-c2ccc(-c3nc4ccc([N+](=O)[O-])cc4s3)cc2)cn1. The van der Waals surface area contributed by atoms with Crippen LogP contribution in [0.2, 0.25) is 0 Å². The summed E-state index contributed by atoms with van der Waals surface area (Å²) in [5.41, 5.74) is 2.66. The van der Waals surface area contributed by atoms with Gasteiger partial charge in [0.2, 0.25) is 0 Å². The van der Waals surface area contributed by atoms with E-state index in [0.717, 1.165) is 26.4 Å². The van der Waals surface area contributed by atoms with Gasteiger partial charge in [-0.1, -0.05) is 24.3 Å². The number of fused-ring (bicyclic) bond motifs is 1. The maximum Gasteiger partial charge on any atom is 0.416 e. The lowest BCUT2D eigenvalue weighted by Crippen LogP contribution is -2.38. The summed E-state index contributed by atoms with van der Waals surface area (Å²) < 4.78 is 19.2. The number of hydrogen-bond acceptors (Lipinski definition) is 7. The number of ether oxygens (including phenoxy) is 1. The molecule has 0 fully saturated rings. The molecule has 0 bridgehead atoms. The molecule has 0 aliphatic rings. The Labute approximate surface area is 205 Å². The van der Waals surface area contributed by atoms with Crippen LogP contribution in [-0.4, -0.2) is 39.8 Å².